The second-order valence-electron chi connectivity index (χ2n) is 5.37. The van der Waals surface area contributed by atoms with Gasteiger partial charge in [0.25, 0.3) is 0 Å². The molecule has 2 N–H and O–H groups in total. The van der Waals surface area contributed by atoms with E-state index in [0.717, 1.165) is 12.8 Å². The monoisotopic (exact) mass is 251 g/mol. The molecule has 2 aliphatic carbocycles. The van der Waals surface area contributed by atoms with Crippen molar-refractivity contribution in [2.75, 3.05) is 0 Å². The molecule has 3 heteroatoms. The standard InChI is InChI=1S/C14H21NOS/c16-13-6-2-1-4-12(13)15-11-5-3-7-14-10(11)8-9-17-14/h8-9,11-13,15-16H,1-7H2/t11?,12-,13-/m1/s1. The van der Waals surface area contributed by atoms with Crippen LogP contribution in [0.15, 0.2) is 11.4 Å². The number of hydrogen-bond donors (Lipinski definition) is 2. The van der Waals surface area contributed by atoms with Gasteiger partial charge >= 0.3 is 0 Å². The van der Waals surface area contributed by atoms with Gasteiger partial charge in [0.2, 0.25) is 0 Å². The highest BCUT2D eigenvalue weighted by Crippen LogP contribution is 2.34. The Balaban J connectivity index is 1.70. The van der Waals surface area contributed by atoms with Gasteiger partial charge in [-0.15, -0.1) is 11.3 Å². The van der Waals surface area contributed by atoms with Crippen molar-refractivity contribution in [1.29, 1.82) is 0 Å². The SMILES string of the molecule is O[C@@H]1CCCC[C@H]1NC1CCCc2sccc21. The van der Waals surface area contributed by atoms with E-state index in [-0.39, 0.29) is 6.10 Å². The van der Waals surface area contributed by atoms with E-state index < -0.39 is 0 Å². The fraction of sp³-hybridized carbons (Fsp3) is 0.714. The van der Waals surface area contributed by atoms with Crippen LogP contribution in [0.3, 0.4) is 0 Å². The summed E-state index contributed by atoms with van der Waals surface area (Å²) in [6.45, 7) is 0. The number of aryl methyl sites for hydroxylation is 1. The van der Waals surface area contributed by atoms with Gasteiger partial charge in [0.05, 0.1) is 6.10 Å². The van der Waals surface area contributed by atoms with Crippen molar-refractivity contribution in [2.45, 2.75) is 63.1 Å². The molecule has 17 heavy (non-hydrogen) atoms. The van der Waals surface area contributed by atoms with Crippen LogP contribution >= 0.6 is 11.3 Å². The van der Waals surface area contributed by atoms with E-state index in [1.807, 2.05) is 11.3 Å². The van der Waals surface area contributed by atoms with E-state index in [2.05, 4.69) is 16.8 Å². The molecule has 3 rings (SSSR count). The van der Waals surface area contributed by atoms with Crippen LogP contribution in [0.5, 0.6) is 0 Å². The van der Waals surface area contributed by atoms with E-state index in [0.29, 0.717) is 12.1 Å². The predicted octanol–water partition coefficient (Wildman–Crippen LogP) is 3.02. The molecule has 1 unspecified atom stereocenters. The predicted molar refractivity (Wildman–Crippen MR) is 71.4 cm³/mol. The minimum Gasteiger partial charge on any atom is -0.392 e. The molecular formula is C14H21NOS. The van der Waals surface area contributed by atoms with Crippen molar-refractivity contribution in [3.63, 3.8) is 0 Å². The number of fused-ring (bicyclic) bond motifs is 1. The molecule has 1 aromatic rings. The lowest BCUT2D eigenvalue weighted by atomic mass is 9.88. The Kier molecular flexibility index (Phi) is 3.50. The summed E-state index contributed by atoms with van der Waals surface area (Å²) < 4.78 is 0. The molecule has 2 aliphatic rings. The molecule has 0 amide bonds. The van der Waals surface area contributed by atoms with Crippen molar-refractivity contribution in [2.24, 2.45) is 0 Å². The Morgan fingerprint density at radius 2 is 2.06 bits per heavy atom. The first-order valence-corrected chi connectivity index (χ1v) is 7.73. The molecule has 0 spiro atoms. The minimum absolute atomic E-state index is 0.132. The summed E-state index contributed by atoms with van der Waals surface area (Å²) >= 11 is 1.89. The Hall–Kier alpha value is -0.380. The summed E-state index contributed by atoms with van der Waals surface area (Å²) in [5.74, 6) is 0. The van der Waals surface area contributed by atoms with E-state index in [9.17, 15) is 5.11 Å². The van der Waals surface area contributed by atoms with Crippen molar-refractivity contribution < 1.29 is 5.11 Å². The van der Waals surface area contributed by atoms with Crippen LogP contribution in [0, 0.1) is 0 Å². The fourth-order valence-electron chi connectivity index (χ4n) is 3.22. The number of rotatable bonds is 2. The van der Waals surface area contributed by atoms with E-state index in [1.54, 1.807) is 4.88 Å². The largest absolute Gasteiger partial charge is 0.392 e. The number of hydrogen-bond acceptors (Lipinski definition) is 3. The van der Waals surface area contributed by atoms with Crippen LogP contribution in [-0.4, -0.2) is 17.3 Å². The van der Waals surface area contributed by atoms with Crippen molar-refractivity contribution in [3.8, 4) is 0 Å². The molecule has 0 radical (unpaired) electrons. The summed E-state index contributed by atoms with van der Waals surface area (Å²) in [6, 6.07) is 3.08. The molecule has 0 aromatic carbocycles. The van der Waals surface area contributed by atoms with Crippen molar-refractivity contribution in [1.82, 2.24) is 5.32 Å². The molecule has 1 aromatic heterocycles. The first-order valence-electron chi connectivity index (χ1n) is 6.85. The smallest absolute Gasteiger partial charge is 0.0693 e. The van der Waals surface area contributed by atoms with Gasteiger partial charge in [-0.3, -0.25) is 0 Å². The van der Waals surface area contributed by atoms with Gasteiger partial charge in [0.1, 0.15) is 0 Å². The Bertz CT molecular complexity index is 376. The summed E-state index contributed by atoms with van der Waals surface area (Å²) in [6.07, 6.45) is 8.19. The Morgan fingerprint density at radius 1 is 1.18 bits per heavy atom. The average molecular weight is 251 g/mol. The van der Waals surface area contributed by atoms with Crippen LogP contribution in [0.1, 0.15) is 55.0 Å². The van der Waals surface area contributed by atoms with Crippen LogP contribution in [0.4, 0.5) is 0 Å². The summed E-state index contributed by atoms with van der Waals surface area (Å²) in [5.41, 5.74) is 1.50. The number of thiophene rings is 1. The topological polar surface area (TPSA) is 32.3 Å². The lowest BCUT2D eigenvalue weighted by Crippen LogP contribution is -2.44. The second-order valence-corrected chi connectivity index (χ2v) is 6.37. The van der Waals surface area contributed by atoms with Crippen LogP contribution in [0.2, 0.25) is 0 Å². The highest BCUT2D eigenvalue weighted by atomic mass is 32.1. The minimum atomic E-state index is -0.132. The van der Waals surface area contributed by atoms with Gasteiger partial charge in [-0.05, 0) is 49.1 Å². The van der Waals surface area contributed by atoms with Gasteiger partial charge in [-0.2, -0.15) is 0 Å². The number of nitrogens with one attached hydrogen (secondary N) is 1. The third-order valence-corrected chi connectivity index (χ3v) is 5.19. The molecule has 0 saturated heterocycles. The van der Waals surface area contributed by atoms with Crippen LogP contribution < -0.4 is 5.32 Å². The van der Waals surface area contributed by atoms with E-state index >= 15 is 0 Å². The molecule has 1 saturated carbocycles. The maximum absolute atomic E-state index is 10.0. The zero-order valence-electron chi connectivity index (χ0n) is 10.2. The lowest BCUT2D eigenvalue weighted by molar-refractivity contribution is 0.0835. The second kappa shape index (κ2) is 5.09. The molecule has 2 nitrogen and oxygen atoms in total. The zero-order chi connectivity index (χ0) is 11.7. The molecule has 3 atom stereocenters. The first kappa shape index (κ1) is 11.7. The van der Waals surface area contributed by atoms with Gasteiger partial charge in [0.15, 0.2) is 0 Å². The maximum atomic E-state index is 10.0. The fourth-order valence-corrected chi connectivity index (χ4v) is 4.21. The molecule has 94 valence electrons. The Morgan fingerprint density at radius 3 is 2.94 bits per heavy atom. The normalized spacial score (nSPS) is 33.4. The summed E-state index contributed by atoms with van der Waals surface area (Å²) in [7, 11) is 0. The van der Waals surface area contributed by atoms with Gasteiger partial charge in [-0.25, -0.2) is 0 Å². The molecular weight excluding hydrogens is 230 g/mol. The number of aliphatic hydroxyl groups is 1. The van der Waals surface area contributed by atoms with Crippen LogP contribution in [0.25, 0.3) is 0 Å². The lowest BCUT2D eigenvalue weighted by Gasteiger charge is -2.34. The molecule has 1 heterocycles. The van der Waals surface area contributed by atoms with Gasteiger partial charge < -0.3 is 10.4 Å². The van der Waals surface area contributed by atoms with Crippen LogP contribution in [-0.2, 0) is 6.42 Å². The third-order valence-electron chi connectivity index (χ3n) is 4.20. The van der Waals surface area contributed by atoms with Crippen molar-refractivity contribution in [3.05, 3.63) is 21.9 Å². The molecule has 1 fully saturated rings. The summed E-state index contributed by atoms with van der Waals surface area (Å²) in [4.78, 5) is 1.55. The highest BCUT2D eigenvalue weighted by Gasteiger charge is 2.28. The number of aliphatic hydroxyl groups excluding tert-OH is 1. The van der Waals surface area contributed by atoms with Crippen molar-refractivity contribution >= 4 is 11.3 Å². The van der Waals surface area contributed by atoms with Gasteiger partial charge in [-0.1, -0.05) is 12.8 Å². The molecule has 0 aliphatic heterocycles. The zero-order valence-corrected chi connectivity index (χ0v) is 11.0. The van der Waals surface area contributed by atoms with Gasteiger partial charge in [0, 0.05) is 17.0 Å². The quantitative estimate of drug-likeness (QED) is 0.847. The maximum Gasteiger partial charge on any atom is 0.0693 e. The average Bonchev–Trinajstić information content (AvgIpc) is 2.81. The summed E-state index contributed by atoms with van der Waals surface area (Å²) in [5, 5.41) is 16.0. The molecule has 0 bridgehead atoms. The highest BCUT2D eigenvalue weighted by molar-refractivity contribution is 7.10. The van der Waals surface area contributed by atoms with E-state index in [4.69, 9.17) is 0 Å². The van der Waals surface area contributed by atoms with E-state index in [1.165, 1.54) is 37.7 Å². The third kappa shape index (κ3) is 2.42. The Labute approximate surface area is 107 Å². The first-order chi connectivity index (χ1) is 8.34.